The molecule has 1 atom stereocenters. The first-order chi connectivity index (χ1) is 7.66. The summed E-state index contributed by atoms with van der Waals surface area (Å²) in [5, 5.41) is 2.96. The second kappa shape index (κ2) is 5.02. The van der Waals surface area contributed by atoms with Crippen LogP contribution in [0.4, 0.5) is 0 Å². The van der Waals surface area contributed by atoms with Gasteiger partial charge in [-0.15, -0.1) is 0 Å². The zero-order chi connectivity index (χ0) is 11.6. The molecule has 1 saturated heterocycles. The molecule has 16 heavy (non-hydrogen) atoms. The number of nitrogens with zero attached hydrogens (tertiary/aromatic N) is 1. The second-order valence-corrected chi connectivity index (χ2v) is 6.97. The second-order valence-electron chi connectivity index (χ2n) is 4.80. The normalized spacial score (nSPS) is 28.0. The summed E-state index contributed by atoms with van der Waals surface area (Å²) in [6.07, 6.45) is 5.23. The fourth-order valence-electron chi connectivity index (χ4n) is 2.91. The summed E-state index contributed by atoms with van der Waals surface area (Å²) in [4.78, 5) is 0. The van der Waals surface area contributed by atoms with Crippen LogP contribution in [-0.4, -0.2) is 43.6 Å². The molecule has 1 aliphatic heterocycles. The van der Waals surface area contributed by atoms with Crippen LogP contribution in [0.2, 0.25) is 0 Å². The third-order valence-electron chi connectivity index (χ3n) is 3.81. The van der Waals surface area contributed by atoms with Gasteiger partial charge in [0.25, 0.3) is 0 Å². The fraction of sp³-hybridized carbons (Fsp3) is 1.00. The highest BCUT2D eigenvalue weighted by molar-refractivity contribution is 7.89. The van der Waals surface area contributed by atoms with Crippen molar-refractivity contribution in [2.75, 3.05) is 19.6 Å². The van der Waals surface area contributed by atoms with Crippen molar-refractivity contribution in [3.05, 3.63) is 0 Å². The third-order valence-corrected chi connectivity index (χ3v) is 6.26. The van der Waals surface area contributed by atoms with E-state index in [4.69, 9.17) is 0 Å². The van der Waals surface area contributed by atoms with Crippen molar-refractivity contribution in [1.82, 2.24) is 9.62 Å². The molecule has 2 rings (SSSR count). The van der Waals surface area contributed by atoms with Gasteiger partial charge < -0.3 is 5.32 Å². The standard InChI is InChI=1S/C11H22N2O2S/c1-2-13(10-5-3-4-6-10)16(14,15)11-7-8-12-9-11/h10-12H,2-9H2,1H3. The van der Waals surface area contributed by atoms with Crippen LogP contribution < -0.4 is 5.32 Å². The van der Waals surface area contributed by atoms with E-state index in [1.54, 1.807) is 4.31 Å². The Morgan fingerprint density at radius 1 is 1.25 bits per heavy atom. The van der Waals surface area contributed by atoms with Crippen LogP contribution in [0.3, 0.4) is 0 Å². The Morgan fingerprint density at radius 3 is 2.44 bits per heavy atom. The van der Waals surface area contributed by atoms with E-state index in [-0.39, 0.29) is 11.3 Å². The van der Waals surface area contributed by atoms with E-state index in [9.17, 15) is 8.42 Å². The maximum absolute atomic E-state index is 12.4. The summed E-state index contributed by atoms with van der Waals surface area (Å²) in [6, 6.07) is 0.274. The van der Waals surface area contributed by atoms with Crippen LogP contribution in [0.25, 0.3) is 0 Å². The Balaban J connectivity index is 2.12. The zero-order valence-corrected chi connectivity index (χ0v) is 10.8. The molecule has 0 bridgehead atoms. The molecule has 2 aliphatic rings. The summed E-state index contributed by atoms with van der Waals surface area (Å²) in [7, 11) is -3.06. The van der Waals surface area contributed by atoms with E-state index in [0.29, 0.717) is 13.1 Å². The lowest BCUT2D eigenvalue weighted by molar-refractivity contribution is 0.331. The highest BCUT2D eigenvalue weighted by atomic mass is 32.2. The maximum Gasteiger partial charge on any atom is 0.218 e. The van der Waals surface area contributed by atoms with Crippen molar-refractivity contribution >= 4 is 10.0 Å². The minimum absolute atomic E-state index is 0.187. The van der Waals surface area contributed by atoms with E-state index in [1.165, 1.54) is 12.8 Å². The molecule has 1 aliphatic carbocycles. The van der Waals surface area contributed by atoms with Crippen molar-refractivity contribution in [2.24, 2.45) is 0 Å². The molecule has 0 aromatic heterocycles. The quantitative estimate of drug-likeness (QED) is 0.803. The number of hydrogen-bond donors (Lipinski definition) is 1. The van der Waals surface area contributed by atoms with Gasteiger partial charge >= 0.3 is 0 Å². The van der Waals surface area contributed by atoms with Gasteiger partial charge in [-0.05, 0) is 25.8 Å². The van der Waals surface area contributed by atoms with E-state index >= 15 is 0 Å². The Kier molecular flexibility index (Phi) is 3.87. The molecule has 0 spiro atoms. The van der Waals surface area contributed by atoms with Crippen LogP contribution in [0.5, 0.6) is 0 Å². The lowest BCUT2D eigenvalue weighted by Gasteiger charge is -2.29. The molecule has 1 heterocycles. The van der Waals surface area contributed by atoms with Gasteiger partial charge in [0.15, 0.2) is 0 Å². The summed E-state index contributed by atoms with van der Waals surface area (Å²) < 4.78 is 26.6. The highest BCUT2D eigenvalue weighted by Gasteiger charge is 2.37. The summed E-state index contributed by atoms with van der Waals surface area (Å²) in [6.45, 7) is 4.05. The van der Waals surface area contributed by atoms with Crippen molar-refractivity contribution in [1.29, 1.82) is 0 Å². The Labute approximate surface area is 98.4 Å². The van der Waals surface area contributed by atoms with Crippen molar-refractivity contribution in [3.8, 4) is 0 Å². The largest absolute Gasteiger partial charge is 0.315 e. The Hall–Kier alpha value is -0.130. The van der Waals surface area contributed by atoms with Crippen molar-refractivity contribution in [3.63, 3.8) is 0 Å². The molecule has 5 heteroatoms. The smallest absolute Gasteiger partial charge is 0.218 e. The summed E-state index contributed by atoms with van der Waals surface area (Å²) in [5.74, 6) is 0. The summed E-state index contributed by atoms with van der Waals surface area (Å²) >= 11 is 0. The molecular weight excluding hydrogens is 224 g/mol. The number of hydrogen-bond acceptors (Lipinski definition) is 3. The molecule has 0 aromatic carbocycles. The molecule has 1 unspecified atom stereocenters. The molecule has 0 radical (unpaired) electrons. The molecule has 2 fully saturated rings. The predicted molar refractivity (Wildman–Crippen MR) is 64.8 cm³/mol. The van der Waals surface area contributed by atoms with Gasteiger partial charge in [0.1, 0.15) is 0 Å². The van der Waals surface area contributed by atoms with Crippen LogP contribution in [0.15, 0.2) is 0 Å². The zero-order valence-electron chi connectivity index (χ0n) is 9.98. The van der Waals surface area contributed by atoms with Crippen LogP contribution in [0.1, 0.15) is 39.0 Å². The minimum atomic E-state index is -3.06. The van der Waals surface area contributed by atoms with E-state index in [2.05, 4.69) is 5.32 Å². The molecule has 1 N–H and O–H groups in total. The summed E-state index contributed by atoms with van der Waals surface area (Å²) in [5.41, 5.74) is 0. The number of sulfonamides is 1. The van der Waals surface area contributed by atoms with Gasteiger partial charge in [-0.2, -0.15) is 4.31 Å². The number of rotatable bonds is 4. The van der Waals surface area contributed by atoms with Crippen molar-refractivity contribution in [2.45, 2.75) is 50.3 Å². The van der Waals surface area contributed by atoms with Gasteiger partial charge in [0.2, 0.25) is 10.0 Å². The first-order valence-corrected chi connectivity index (χ1v) is 7.88. The molecule has 1 saturated carbocycles. The Bertz CT molecular complexity index is 317. The van der Waals surface area contributed by atoms with Gasteiger partial charge in [-0.3, -0.25) is 0 Å². The van der Waals surface area contributed by atoms with Crippen LogP contribution in [0, 0.1) is 0 Å². The topological polar surface area (TPSA) is 49.4 Å². The lowest BCUT2D eigenvalue weighted by Crippen LogP contribution is -2.44. The fourth-order valence-corrected chi connectivity index (χ4v) is 5.03. The maximum atomic E-state index is 12.4. The molecule has 0 amide bonds. The first-order valence-electron chi connectivity index (χ1n) is 6.37. The lowest BCUT2D eigenvalue weighted by atomic mass is 10.2. The Morgan fingerprint density at radius 2 is 1.94 bits per heavy atom. The molecule has 4 nitrogen and oxygen atoms in total. The molecule has 94 valence electrons. The van der Waals surface area contributed by atoms with Gasteiger partial charge in [-0.1, -0.05) is 19.8 Å². The third kappa shape index (κ3) is 2.26. The molecule has 0 aromatic rings. The average molecular weight is 246 g/mol. The van der Waals surface area contributed by atoms with E-state index in [0.717, 1.165) is 25.8 Å². The number of nitrogens with one attached hydrogen (secondary N) is 1. The van der Waals surface area contributed by atoms with Crippen molar-refractivity contribution < 1.29 is 8.42 Å². The monoisotopic (exact) mass is 246 g/mol. The predicted octanol–water partition coefficient (Wildman–Crippen LogP) is 0.943. The van der Waals surface area contributed by atoms with Gasteiger partial charge in [0.05, 0.1) is 5.25 Å². The van der Waals surface area contributed by atoms with Gasteiger partial charge in [0, 0.05) is 19.1 Å². The van der Waals surface area contributed by atoms with Crippen LogP contribution in [-0.2, 0) is 10.0 Å². The van der Waals surface area contributed by atoms with Gasteiger partial charge in [-0.25, -0.2) is 8.42 Å². The highest BCUT2D eigenvalue weighted by Crippen LogP contribution is 2.28. The van der Waals surface area contributed by atoms with E-state index in [1.807, 2.05) is 6.92 Å². The molecular formula is C11H22N2O2S. The minimum Gasteiger partial charge on any atom is -0.315 e. The average Bonchev–Trinajstić information content (AvgIpc) is 2.91. The SMILES string of the molecule is CCN(C1CCCC1)S(=O)(=O)C1CCNC1. The van der Waals surface area contributed by atoms with E-state index < -0.39 is 10.0 Å². The first kappa shape index (κ1) is 12.3. The van der Waals surface area contributed by atoms with Crippen LogP contribution >= 0.6 is 0 Å².